The molecule has 124 valence electrons. The van der Waals surface area contributed by atoms with E-state index in [1.165, 1.54) is 6.21 Å². The third-order valence-electron chi connectivity index (χ3n) is 3.32. The molecule has 2 amide bonds. The zero-order valence-electron chi connectivity index (χ0n) is 13.6. The Kier molecular flexibility index (Phi) is 6.57. The maximum atomic E-state index is 11.8. The van der Waals surface area contributed by atoms with E-state index in [9.17, 15) is 9.59 Å². The Labute approximate surface area is 145 Å². The Morgan fingerprint density at radius 3 is 2.29 bits per heavy atom. The van der Waals surface area contributed by atoms with Gasteiger partial charge in [0.15, 0.2) is 0 Å². The number of amides is 2. The first-order valence-electron chi connectivity index (χ1n) is 7.49. The van der Waals surface area contributed by atoms with Crippen LogP contribution in [0.5, 0.6) is 0 Å². The molecule has 0 spiro atoms. The SMILES string of the molecule is CCc1ccc(NC(=O)C(=O)N/N=C\c2ccc(SC)cc2)cc1. The summed E-state index contributed by atoms with van der Waals surface area (Å²) in [5.74, 6) is -1.57. The largest absolute Gasteiger partial charge is 0.329 e. The maximum Gasteiger partial charge on any atom is 0.329 e. The second-order valence-corrected chi connectivity index (χ2v) is 5.86. The minimum Gasteiger partial charge on any atom is -0.318 e. The number of carbonyl (C=O) groups is 2. The molecule has 2 aromatic carbocycles. The van der Waals surface area contributed by atoms with Gasteiger partial charge in [0, 0.05) is 10.6 Å². The van der Waals surface area contributed by atoms with Crippen LogP contribution >= 0.6 is 11.8 Å². The van der Waals surface area contributed by atoms with Gasteiger partial charge in [0.2, 0.25) is 0 Å². The van der Waals surface area contributed by atoms with Crippen LogP contribution in [-0.4, -0.2) is 24.3 Å². The van der Waals surface area contributed by atoms with E-state index in [0.717, 1.165) is 22.4 Å². The molecule has 0 aromatic heterocycles. The number of benzene rings is 2. The number of aryl methyl sites for hydroxylation is 1. The highest BCUT2D eigenvalue weighted by Gasteiger charge is 2.12. The van der Waals surface area contributed by atoms with Crippen LogP contribution in [-0.2, 0) is 16.0 Å². The number of nitrogens with one attached hydrogen (secondary N) is 2. The summed E-state index contributed by atoms with van der Waals surface area (Å²) in [6.07, 6.45) is 4.41. The second-order valence-electron chi connectivity index (χ2n) is 4.98. The molecule has 24 heavy (non-hydrogen) atoms. The van der Waals surface area contributed by atoms with E-state index in [-0.39, 0.29) is 0 Å². The highest BCUT2D eigenvalue weighted by atomic mass is 32.2. The monoisotopic (exact) mass is 341 g/mol. The number of thioether (sulfide) groups is 1. The lowest BCUT2D eigenvalue weighted by Crippen LogP contribution is -2.32. The third kappa shape index (κ3) is 5.24. The standard InChI is InChI=1S/C18H19N3O2S/c1-3-13-4-8-15(9-5-13)20-17(22)18(23)21-19-12-14-6-10-16(24-2)11-7-14/h4-12H,3H2,1-2H3,(H,20,22)(H,21,23)/b19-12-. The Balaban J connectivity index is 1.86. The van der Waals surface area contributed by atoms with E-state index < -0.39 is 11.8 Å². The zero-order valence-corrected chi connectivity index (χ0v) is 14.4. The van der Waals surface area contributed by atoms with Gasteiger partial charge in [0.25, 0.3) is 0 Å². The molecule has 2 aromatic rings. The van der Waals surface area contributed by atoms with Crippen molar-refractivity contribution in [1.82, 2.24) is 5.43 Å². The highest BCUT2D eigenvalue weighted by molar-refractivity contribution is 7.98. The van der Waals surface area contributed by atoms with Gasteiger partial charge in [-0.15, -0.1) is 11.8 Å². The molecule has 0 aliphatic rings. The van der Waals surface area contributed by atoms with Crippen LogP contribution in [0.2, 0.25) is 0 Å². The van der Waals surface area contributed by atoms with Crippen molar-refractivity contribution in [3.05, 3.63) is 59.7 Å². The molecule has 0 aliphatic carbocycles. The molecular weight excluding hydrogens is 322 g/mol. The lowest BCUT2D eigenvalue weighted by Gasteiger charge is -2.04. The van der Waals surface area contributed by atoms with Crippen molar-refractivity contribution < 1.29 is 9.59 Å². The maximum absolute atomic E-state index is 11.8. The molecule has 0 aliphatic heterocycles. The van der Waals surface area contributed by atoms with E-state index in [4.69, 9.17) is 0 Å². The number of hydrogen-bond donors (Lipinski definition) is 2. The quantitative estimate of drug-likeness (QED) is 0.380. The molecule has 2 rings (SSSR count). The lowest BCUT2D eigenvalue weighted by atomic mass is 10.1. The molecule has 0 fully saturated rings. The fraction of sp³-hybridized carbons (Fsp3) is 0.167. The number of rotatable bonds is 5. The van der Waals surface area contributed by atoms with Crippen molar-refractivity contribution in [2.24, 2.45) is 5.10 Å². The summed E-state index contributed by atoms with van der Waals surface area (Å²) >= 11 is 1.65. The number of hydrogen-bond acceptors (Lipinski definition) is 4. The number of carbonyl (C=O) groups excluding carboxylic acids is 2. The van der Waals surface area contributed by atoms with Crippen LogP contribution in [0.25, 0.3) is 0 Å². The molecular formula is C18H19N3O2S. The Morgan fingerprint density at radius 1 is 1.04 bits per heavy atom. The first-order chi connectivity index (χ1) is 11.6. The minimum atomic E-state index is -0.813. The topological polar surface area (TPSA) is 70.6 Å². The summed E-state index contributed by atoms with van der Waals surface area (Å²) < 4.78 is 0. The average Bonchev–Trinajstić information content (AvgIpc) is 2.62. The van der Waals surface area contributed by atoms with Gasteiger partial charge in [-0.25, -0.2) is 5.43 Å². The van der Waals surface area contributed by atoms with Crippen LogP contribution in [0.3, 0.4) is 0 Å². The van der Waals surface area contributed by atoms with Crippen molar-refractivity contribution >= 4 is 35.5 Å². The molecule has 5 nitrogen and oxygen atoms in total. The summed E-state index contributed by atoms with van der Waals surface area (Å²) in [5, 5.41) is 6.32. The molecule has 0 bridgehead atoms. The first kappa shape index (κ1) is 17.7. The van der Waals surface area contributed by atoms with Crippen molar-refractivity contribution in [1.29, 1.82) is 0 Å². The summed E-state index contributed by atoms with van der Waals surface area (Å²) in [5.41, 5.74) is 4.79. The fourth-order valence-electron chi connectivity index (χ4n) is 1.92. The summed E-state index contributed by atoms with van der Waals surface area (Å²) in [6, 6.07) is 15.0. The molecule has 0 unspecified atom stereocenters. The smallest absolute Gasteiger partial charge is 0.318 e. The molecule has 0 heterocycles. The predicted octanol–water partition coefficient (Wildman–Crippen LogP) is 3.06. The van der Waals surface area contributed by atoms with E-state index >= 15 is 0 Å². The Bertz CT molecular complexity index is 725. The van der Waals surface area contributed by atoms with Gasteiger partial charge < -0.3 is 5.32 Å². The normalized spacial score (nSPS) is 10.6. The van der Waals surface area contributed by atoms with Gasteiger partial charge in [-0.1, -0.05) is 31.2 Å². The van der Waals surface area contributed by atoms with Gasteiger partial charge in [-0.3, -0.25) is 9.59 Å². The van der Waals surface area contributed by atoms with Crippen LogP contribution in [0.15, 0.2) is 58.5 Å². The number of hydrazone groups is 1. The summed E-state index contributed by atoms with van der Waals surface area (Å²) in [7, 11) is 0. The van der Waals surface area contributed by atoms with Gasteiger partial charge in [-0.05, 0) is 48.1 Å². The van der Waals surface area contributed by atoms with Crippen LogP contribution < -0.4 is 10.7 Å². The minimum absolute atomic E-state index is 0.573. The number of anilines is 1. The summed E-state index contributed by atoms with van der Waals surface area (Å²) in [6.45, 7) is 2.05. The zero-order chi connectivity index (χ0) is 17.4. The van der Waals surface area contributed by atoms with E-state index in [0.29, 0.717) is 5.69 Å². The van der Waals surface area contributed by atoms with Gasteiger partial charge >= 0.3 is 11.8 Å². The Hall–Kier alpha value is -2.60. The van der Waals surface area contributed by atoms with Gasteiger partial charge in [0.1, 0.15) is 0 Å². The van der Waals surface area contributed by atoms with Crippen LogP contribution in [0, 0.1) is 0 Å². The molecule has 0 radical (unpaired) electrons. The fourth-order valence-corrected chi connectivity index (χ4v) is 2.33. The van der Waals surface area contributed by atoms with E-state index in [1.807, 2.05) is 49.6 Å². The molecule has 2 N–H and O–H groups in total. The van der Waals surface area contributed by atoms with Gasteiger partial charge in [-0.2, -0.15) is 5.10 Å². The van der Waals surface area contributed by atoms with Crippen molar-refractivity contribution in [2.75, 3.05) is 11.6 Å². The lowest BCUT2D eigenvalue weighted by molar-refractivity contribution is -0.136. The van der Waals surface area contributed by atoms with Crippen LogP contribution in [0.4, 0.5) is 5.69 Å². The van der Waals surface area contributed by atoms with Crippen molar-refractivity contribution in [3.8, 4) is 0 Å². The molecule has 0 atom stereocenters. The van der Waals surface area contributed by atoms with E-state index in [2.05, 4.69) is 15.8 Å². The van der Waals surface area contributed by atoms with Crippen LogP contribution in [0.1, 0.15) is 18.1 Å². The third-order valence-corrected chi connectivity index (χ3v) is 4.07. The summed E-state index contributed by atoms with van der Waals surface area (Å²) in [4.78, 5) is 24.7. The average molecular weight is 341 g/mol. The Morgan fingerprint density at radius 2 is 1.71 bits per heavy atom. The van der Waals surface area contributed by atoms with Crippen molar-refractivity contribution in [3.63, 3.8) is 0 Å². The predicted molar refractivity (Wildman–Crippen MR) is 98.4 cm³/mol. The first-order valence-corrected chi connectivity index (χ1v) is 8.72. The molecule has 6 heteroatoms. The molecule has 0 saturated heterocycles. The highest BCUT2D eigenvalue weighted by Crippen LogP contribution is 2.13. The molecule has 0 saturated carbocycles. The second kappa shape index (κ2) is 8.88. The number of nitrogens with zero attached hydrogens (tertiary/aromatic N) is 1. The van der Waals surface area contributed by atoms with Gasteiger partial charge in [0.05, 0.1) is 6.21 Å². The van der Waals surface area contributed by atoms with Crippen molar-refractivity contribution in [2.45, 2.75) is 18.2 Å². The van der Waals surface area contributed by atoms with E-state index in [1.54, 1.807) is 23.9 Å².